The lowest BCUT2D eigenvalue weighted by atomic mass is 10.1. The van der Waals surface area contributed by atoms with Crippen LogP contribution in [-0.2, 0) is 11.2 Å². The van der Waals surface area contributed by atoms with Gasteiger partial charge in [0.2, 0.25) is 0 Å². The Morgan fingerprint density at radius 1 is 1.08 bits per heavy atom. The Kier molecular flexibility index (Phi) is 5.14. The number of carbonyl (C=O) groups is 2. The van der Waals surface area contributed by atoms with Crippen molar-refractivity contribution in [2.24, 2.45) is 0 Å². The van der Waals surface area contributed by atoms with E-state index < -0.39 is 12.1 Å². The zero-order chi connectivity index (χ0) is 17.8. The van der Waals surface area contributed by atoms with Gasteiger partial charge in [-0.25, -0.2) is 4.79 Å². The van der Waals surface area contributed by atoms with Gasteiger partial charge >= 0.3 is 5.97 Å². The molecule has 5 heteroatoms. The monoisotopic (exact) mass is 354 g/mol. The van der Waals surface area contributed by atoms with Crippen molar-refractivity contribution in [2.75, 3.05) is 0 Å². The Morgan fingerprint density at radius 2 is 1.76 bits per heavy atom. The van der Waals surface area contributed by atoms with E-state index >= 15 is 0 Å². The molecule has 3 rings (SSSR count). The second-order valence-electron chi connectivity index (χ2n) is 5.78. The van der Waals surface area contributed by atoms with E-state index in [1.807, 2.05) is 54.6 Å². The number of carboxylic acid groups (broad SMARTS) is 1. The molecule has 0 amide bonds. The van der Waals surface area contributed by atoms with Gasteiger partial charge in [0.25, 0.3) is 0 Å². The minimum absolute atomic E-state index is 0.122. The molecule has 1 unspecified atom stereocenters. The predicted molar refractivity (Wildman–Crippen MR) is 98.6 cm³/mol. The van der Waals surface area contributed by atoms with Crippen LogP contribution in [0.4, 0.5) is 0 Å². The van der Waals surface area contributed by atoms with Gasteiger partial charge in [-0.2, -0.15) is 0 Å². The van der Waals surface area contributed by atoms with Gasteiger partial charge in [0.15, 0.2) is 11.9 Å². The highest BCUT2D eigenvalue weighted by Crippen LogP contribution is 2.38. The first-order valence-corrected chi connectivity index (χ1v) is 8.83. The van der Waals surface area contributed by atoms with Gasteiger partial charge in [0.1, 0.15) is 10.6 Å². The van der Waals surface area contributed by atoms with Gasteiger partial charge in [0, 0.05) is 17.0 Å². The molecule has 2 aromatic carbocycles. The van der Waals surface area contributed by atoms with Crippen LogP contribution < -0.4 is 4.74 Å². The lowest BCUT2D eigenvalue weighted by Crippen LogP contribution is -2.28. The minimum atomic E-state index is -1.03. The molecule has 3 aromatic rings. The molecule has 0 fully saturated rings. The Morgan fingerprint density at radius 3 is 2.44 bits per heavy atom. The van der Waals surface area contributed by atoms with Crippen molar-refractivity contribution >= 4 is 33.2 Å². The summed E-state index contributed by atoms with van der Waals surface area (Å²) in [6.07, 6.45) is -0.0767. The molecule has 0 bridgehead atoms. The molecule has 4 nitrogen and oxygen atoms in total. The SMILES string of the molecule is CC(=O)c1sc2ccccc2c1OC(CCc1ccccc1)C(=O)O. The number of carbonyl (C=O) groups excluding carboxylic acids is 1. The van der Waals surface area contributed by atoms with Gasteiger partial charge in [0.05, 0.1) is 0 Å². The molecule has 25 heavy (non-hydrogen) atoms. The minimum Gasteiger partial charge on any atom is -0.479 e. The highest BCUT2D eigenvalue weighted by molar-refractivity contribution is 7.21. The number of thiophene rings is 1. The normalized spacial score (nSPS) is 12.0. The van der Waals surface area contributed by atoms with Crippen molar-refractivity contribution in [1.82, 2.24) is 0 Å². The molecule has 0 spiro atoms. The quantitative estimate of drug-likeness (QED) is 0.631. The van der Waals surface area contributed by atoms with E-state index in [4.69, 9.17) is 4.74 Å². The summed E-state index contributed by atoms with van der Waals surface area (Å²) in [6.45, 7) is 1.47. The zero-order valence-corrected chi connectivity index (χ0v) is 14.6. The number of ether oxygens (including phenoxy) is 1. The molecule has 0 saturated carbocycles. The smallest absolute Gasteiger partial charge is 0.344 e. The predicted octanol–water partition coefficient (Wildman–Crippen LogP) is 4.57. The molecule has 0 aliphatic carbocycles. The summed E-state index contributed by atoms with van der Waals surface area (Å²) in [6, 6.07) is 17.2. The van der Waals surface area contributed by atoms with Crippen LogP contribution >= 0.6 is 11.3 Å². The Balaban J connectivity index is 1.87. The summed E-state index contributed by atoms with van der Waals surface area (Å²) in [5.74, 6) is -0.766. The van der Waals surface area contributed by atoms with Crippen molar-refractivity contribution in [1.29, 1.82) is 0 Å². The average Bonchev–Trinajstić information content (AvgIpc) is 2.98. The number of hydrogen-bond donors (Lipinski definition) is 1. The first kappa shape index (κ1) is 17.2. The van der Waals surface area contributed by atoms with Crippen molar-refractivity contribution in [3.05, 3.63) is 65.0 Å². The summed E-state index contributed by atoms with van der Waals surface area (Å²) in [5, 5.41) is 10.3. The van der Waals surface area contributed by atoms with Crippen LogP contribution in [0.1, 0.15) is 28.6 Å². The zero-order valence-electron chi connectivity index (χ0n) is 13.8. The van der Waals surface area contributed by atoms with E-state index in [0.29, 0.717) is 23.5 Å². The van der Waals surface area contributed by atoms with E-state index in [9.17, 15) is 14.7 Å². The molecule has 0 saturated heterocycles. The third-order valence-corrected chi connectivity index (χ3v) is 5.20. The van der Waals surface area contributed by atoms with E-state index in [-0.39, 0.29) is 5.78 Å². The standard InChI is InChI=1S/C20H18O4S/c1-13(21)19-18(15-9-5-6-10-17(15)25-19)24-16(20(22)23)12-11-14-7-3-2-4-8-14/h2-10,16H,11-12H2,1H3,(H,22,23). The number of aryl methyl sites for hydroxylation is 1. The molecule has 1 N–H and O–H groups in total. The number of carboxylic acids is 1. The number of benzene rings is 2. The van der Waals surface area contributed by atoms with Gasteiger partial charge in [-0.05, 0) is 30.5 Å². The van der Waals surface area contributed by atoms with Crippen molar-refractivity contribution < 1.29 is 19.4 Å². The lowest BCUT2D eigenvalue weighted by Gasteiger charge is -2.15. The summed E-state index contributed by atoms with van der Waals surface area (Å²) in [7, 11) is 0. The summed E-state index contributed by atoms with van der Waals surface area (Å²) >= 11 is 1.33. The molecule has 1 atom stereocenters. The summed E-state index contributed by atoms with van der Waals surface area (Å²) < 4.78 is 6.75. The Bertz CT molecular complexity index is 898. The molecular weight excluding hydrogens is 336 g/mol. The molecule has 1 aromatic heterocycles. The largest absolute Gasteiger partial charge is 0.479 e. The molecule has 128 valence electrons. The lowest BCUT2D eigenvalue weighted by molar-refractivity contribution is -0.145. The first-order valence-electron chi connectivity index (χ1n) is 8.02. The fraction of sp³-hybridized carbons (Fsp3) is 0.200. The van der Waals surface area contributed by atoms with Crippen molar-refractivity contribution in [2.45, 2.75) is 25.9 Å². The number of rotatable bonds is 7. The second-order valence-corrected chi connectivity index (χ2v) is 6.83. The third kappa shape index (κ3) is 3.88. The van der Waals surface area contributed by atoms with Crippen LogP contribution in [0.3, 0.4) is 0 Å². The molecule has 0 aliphatic heterocycles. The summed E-state index contributed by atoms with van der Waals surface area (Å²) in [5.41, 5.74) is 1.05. The molecule has 0 aliphatic rings. The summed E-state index contributed by atoms with van der Waals surface area (Å²) in [4.78, 5) is 24.1. The van der Waals surface area contributed by atoms with Crippen molar-refractivity contribution in [3.8, 4) is 5.75 Å². The van der Waals surface area contributed by atoms with Crippen LogP contribution in [0.15, 0.2) is 54.6 Å². The maximum absolute atomic E-state index is 11.9. The number of fused-ring (bicyclic) bond motifs is 1. The fourth-order valence-electron chi connectivity index (χ4n) is 2.69. The average molecular weight is 354 g/mol. The van der Waals surface area contributed by atoms with E-state index in [0.717, 1.165) is 15.6 Å². The highest BCUT2D eigenvalue weighted by atomic mass is 32.1. The first-order chi connectivity index (χ1) is 12.1. The number of Topliss-reactive ketones (excluding diaryl/α,β-unsaturated/α-hetero) is 1. The second kappa shape index (κ2) is 7.49. The van der Waals surface area contributed by atoms with Gasteiger partial charge in [-0.1, -0.05) is 42.5 Å². The van der Waals surface area contributed by atoms with E-state index in [1.54, 1.807) is 0 Å². The van der Waals surface area contributed by atoms with Gasteiger partial charge in [-0.3, -0.25) is 4.79 Å². The van der Waals surface area contributed by atoms with E-state index in [1.165, 1.54) is 18.3 Å². The molecular formula is C20H18O4S. The number of ketones is 1. The highest BCUT2D eigenvalue weighted by Gasteiger charge is 2.25. The fourth-order valence-corrected chi connectivity index (χ4v) is 3.72. The number of aliphatic carboxylic acids is 1. The van der Waals surface area contributed by atoms with Gasteiger partial charge < -0.3 is 9.84 Å². The Hall–Kier alpha value is -2.66. The van der Waals surface area contributed by atoms with Crippen LogP contribution in [0.25, 0.3) is 10.1 Å². The van der Waals surface area contributed by atoms with Crippen LogP contribution in [0.5, 0.6) is 5.75 Å². The molecule has 1 heterocycles. The Labute approximate surface area is 149 Å². The van der Waals surface area contributed by atoms with Crippen LogP contribution in [0.2, 0.25) is 0 Å². The maximum atomic E-state index is 11.9. The van der Waals surface area contributed by atoms with Crippen molar-refractivity contribution in [3.63, 3.8) is 0 Å². The van der Waals surface area contributed by atoms with Crippen LogP contribution in [0, 0.1) is 0 Å². The van der Waals surface area contributed by atoms with E-state index in [2.05, 4.69) is 0 Å². The van der Waals surface area contributed by atoms with Gasteiger partial charge in [-0.15, -0.1) is 11.3 Å². The van der Waals surface area contributed by atoms with Crippen LogP contribution in [-0.4, -0.2) is 23.0 Å². The molecule has 0 radical (unpaired) electrons. The topological polar surface area (TPSA) is 63.6 Å². The third-order valence-electron chi connectivity index (χ3n) is 3.94. The maximum Gasteiger partial charge on any atom is 0.344 e. The number of hydrogen-bond acceptors (Lipinski definition) is 4.